The highest BCUT2D eigenvalue weighted by Gasteiger charge is 2.31. The van der Waals surface area contributed by atoms with Gasteiger partial charge in [-0.05, 0) is 287 Å². The predicted molar refractivity (Wildman–Crippen MR) is 288 cm³/mol. The summed E-state index contributed by atoms with van der Waals surface area (Å²) in [4.78, 5) is 0. The minimum absolute atomic E-state index is 0.168. The lowest BCUT2D eigenvalue weighted by atomic mass is 9.78. The molecule has 0 heterocycles. The Morgan fingerprint density at radius 1 is 0.339 bits per heavy atom. The molecule has 0 aliphatic rings. The summed E-state index contributed by atoms with van der Waals surface area (Å²) in [5, 5.41) is 67.8. The zero-order valence-electron chi connectivity index (χ0n) is 33.4. The highest BCUT2D eigenvalue weighted by atomic mass is 127. The third-order valence-corrected chi connectivity index (χ3v) is 18.4. The molecule has 12 heteroatoms. The van der Waals surface area contributed by atoms with E-state index in [2.05, 4.69) is 148 Å². The number of hydrogen-bond donors (Lipinski definition) is 6. The fourth-order valence-electron chi connectivity index (χ4n) is 7.99. The van der Waals surface area contributed by atoms with Gasteiger partial charge in [0.25, 0.3) is 0 Å². The Labute approximate surface area is 427 Å². The molecule has 6 rings (SSSR count). The first kappa shape index (κ1) is 47.0. The van der Waals surface area contributed by atoms with E-state index in [9.17, 15) is 30.6 Å². The topological polar surface area (TPSA) is 121 Å². The molecule has 0 unspecified atom stereocenters. The largest absolute Gasteiger partial charge is 0.507 e. The number of rotatable bonds is 8. The van der Waals surface area contributed by atoms with Gasteiger partial charge >= 0.3 is 0 Å². The quantitative estimate of drug-likeness (QED) is 0.0667. The Balaban J connectivity index is 1.60. The lowest BCUT2D eigenvalue weighted by Gasteiger charge is -2.28. The number of phenols is 6. The maximum absolute atomic E-state index is 12.0. The second-order valence-corrected chi connectivity index (χ2v) is 22.0. The van der Waals surface area contributed by atoms with Gasteiger partial charge in [0.1, 0.15) is 34.5 Å². The number of hydrogen-bond acceptors (Lipinski definition) is 6. The van der Waals surface area contributed by atoms with Gasteiger partial charge in [-0.15, -0.1) is 0 Å². The van der Waals surface area contributed by atoms with Crippen molar-refractivity contribution in [1.29, 1.82) is 0 Å². The average molecular weight is 1460 g/mol. The minimum atomic E-state index is -0.435. The van der Waals surface area contributed by atoms with Crippen molar-refractivity contribution in [3.8, 4) is 34.5 Å². The maximum atomic E-state index is 12.0. The van der Waals surface area contributed by atoms with Crippen molar-refractivity contribution >= 4 is 136 Å². The number of benzene rings is 6. The zero-order valence-corrected chi connectivity index (χ0v) is 46.4. The van der Waals surface area contributed by atoms with Crippen LogP contribution in [0.1, 0.15) is 101 Å². The van der Waals surface area contributed by atoms with E-state index in [-0.39, 0.29) is 34.5 Å². The van der Waals surface area contributed by atoms with E-state index < -0.39 is 11.8 Å². The monoisotopic (exact) mass is 1460 g/mol. The SMILES string of the molecule is Cc1cc(C(c2cc(C)c(O)c(I)c2C)c2cc(Cc3cc(I)c(O)c(C(c4cc(C)c(O)c(I)c4C)c4cc(C)c(O)c(I)c4C)c3)cc(I)c2O)c(C)c(I)c1O. The van der Waals surface area contributed by atoms with Crippen molar-refractivity contribution in [3.05, 3.63) is 159 Å². The van der Waals surface area contributed by atoms with Crippen LogP contribution in [0.5, 0.6) is 34.5 Å². The van der Waals surface area contributed by atoms with Gasteiger partial charge in [-0.25, -0.2) is 0 Å². The van der Waals surface area contributed by atoms with Crippen LogP contribution in [0.3, 0.4) is 0 Å². The summed E-state index contributed by atoms with van der Waals surface area (Å²) in [5.74, 6) is 0.418. The molecular formula is C47H42I6O6. The van der Waals surface area contributed by atoms with Crippen LogP contribution in [-0.4, -0.2) is 30.6 Å². The van der Waals surface area contributed by atoms with Crippen molar-refractivity contribution < 1.29 is 30.6 Å². The normalized spacial score (nSPS) is 11.7. The van der Waals surface area contributed by atoms with E-state index in [4.69, 9.17) is 0 Å². The van der Waals surface area contributed by atoms with Crippen molar-refractivity contribution in [3.63, 3.8) is 0 Å². The van der Waals surface area contributed by atoms with E-state index in [1.807, 2.05) is 91.8 Å². The van der Waals surface area contributed by atoms with Crippen molar-refractivity contribution in [2.75, 3.05) is 0 Å². The fraction of sp³-hybridized carbons (Fsp3) is 0.234. The molecule has 0 fully saturated rings. The van der Waals surface area contributed by atoms with Crippen LogP contribution in [0.2, 0.25) is 0 Å². The van der Waals surface area contributed by atoms with Gasteiger partial charge in [0.15, 0.2) is 0 Å². The molecule has 0 aromatic heterocycles. The Hall–Kier alpha value is -1.50. The van der Waals surface area contributed by atoms with Crippen molar-refractivity contribution in [2.45, 2.75) is 73.6 Å². The summed E-state index contributed by atoms with van der Waals surface area (Å²) >= 11 is 13.2. The second-order valence-electron chi connectivity index (χ2n) is 15.4. The van der Waals surface area contributed by atoms with Gasteiger partial charge in [0.2, 0.25) is 0 Å². The van der Waals surface area contributed by atoms with Crippen molar-refractivity contribution in [2.24, 2.45) is 0 Å². The molecule has 0 amide bonds. The molecule has 0 saturated heterocycles. The van der Waals surface area contributed by atoms with E-state index in [0.717, 1.165) is 92.2 Å². The van der Waals surface area contributed by atoms with E-state index in [0.29, 0.717) is 24.7 Å². The molecule has 0 saturated carbocycles. The molecule has 6 aromatic rings. The Kier molecular flexibility index (Phi) is 14.6. The standard InChI is InChI=1S/C47H42I6O6/c1-18-9-28(22(5)38(50)42(18)54)36(29-10-19(2)43(55)39(51)23(29)6)32-14-26(16-34(48)46(32)58)13-27-15-33(47(59)35(49)17-27)37(30-11-20(3)44(56)40(52)24(30)7)31-12-21(4)45(57)41(53)25(31)8/h9-12,14-17,36-37,54-59H,13H2,1-8H3. The third kappa shape index (κ3) is 8.75. The van der Waals surface area contributed by atoms with Gasteiger partial charge in [-0.1, -0.05) is 36.4 Å². The smallest absolute Gasteiger partial charge is 0.133 e. The first-order valence-corrected chi connectivity index (χ1v) is 25.0. The van der Waals surface area contributed by atoms with Gasteiger partial charge in [0, 0.05) is 23.0 Å². The Morgan fingerprint density at radius 3 is 0.814 bits per heavy atom. The molecule has 0 aliphatic heterocycles. The summed E-state index contributed by atoms with van der Waals surface area (Å²) in [5.41, 5.74) is 13.7. The summed E-state index contributed by atoms with van der Waals surface area (Å²) < 4.78 is 4.37. The van der Waals surface area contributed by atoms with Crippen molar-refractivity contribution in [1.82, 2.24) is 0 Å². The van der Waals surface area contributed by atoms with E-state index >= 15 is 0 Å². The lowest BCUT2D eigenvalue weighted by Crippen LogP contribution is -2.12. The predicted octanol–water partition coefficient (Wildman–Crippen LogP) is 14.0. The van der Waals surface area contributed by atoms with Crippen LogP contribution >= 0.6 is 136 Å². The molecular weight excluding hydrogens is 1420 g/mol. The minimum Gasteiger partial charge on any atom is -0.507 e. The summed E-state index contributed by atoms with van der Waals surface area (Å²) in [6.45, 7) is 15.5. The van der Waals surface area contributed by atoms with Crippen LogP contribution in [0.25, 0.3) is 0 Å². The van der Waals surface area contributed by atoms with Crippen LogP contribution < -0.4 is 0 Å². The van der Waals surface area contributed by atoms with Gasteiger partial charge in [0.05, 0.1) is 21.4 Å². The molecule has 6 aromatic carbocycles. The van der Waals surface area contributed by atoms with E-state index in [1.54, 1.807) is 0 Å². The van der Waals surface area contributed by atoms with Gasteiger partial charge < -0.3 is 30.6 Å². The molecule has 59 heavy (non-hydrogen) atoms. The lowest BCUT2D eigenvalue weighted by molar-refractivity contribution is 0.460. The zero-order chi connectivity index (χ0) is 43.7. The summed E-state index contributed by atoms with van der Waals surface area (Å²) in [7, 11) is 0. The maximum Gasteiger partial charge on any atom is 0.133 e. The van der Waals surface area contributed by atoms with E-state index in [1.165, 1.54) is 0 Å². The molecule has 6 nitrogen and oxygen atoms in total. The number of aromatic hydroxyl groups is 6. The third-order valence-electron chi connectivity index (χ3n) is 11.4. The molecule has 0 radical (unpaired) electrons. The summed E-state index contributed by atoms with van der Waals surface area (Å²) in [6.07, 6.45) is 0.485. The number of aryl methyl sites for hydroxylation is 4. The molecule has 6 N–H and O–H groups in total. The highest BCUT2D eigenvalue weighted by molar-refractivity contribution is 14.1. The first-order chi connectivity index (χ1) is 27.6. The number of phenolic OH excluding ortho intramolecular Hbond substituents is 6. The Morgan fingerprint density at radius 2 is 0.576 bits per heavy atom. The molecule has 0 atom stereocenters. The molecule has 308 valence electrons. The second kappa shape index (κ2) is 18.3. The number of halogens is 6. The molecule has 0 aliphatic carbocycles. The van der Waals surface area contributed by atoms with Gasteiger partial charge in [-0.3, -0.25) is 0 Å². The molecule has 0 spiro atoms. The molecule has 0 bridgehead atoms. The van der Waals surface area contributed by atoms with Gasteiger partial charge in [-0.2, -0.15) is 0 Å². The highest BCUT2D eigenvalue weighted by Crippen LogP contribution is 2.49. The van der Waals surface area contributed by atoms with Crippen LogP contribution in [0.15, 0.2) is 48.5 Å². The first-order valence-electron chi connectivity index (χ1n) is 18.5. The van der Waals surface area contributed by atoms with Crippen LogP contribution in [0.4, 0.5) is 0 Å². The van der Waals surface area contributed by atoms with Crippen LogP contribution in [-0.2, 0) is 6.42 Å². The van der Waals surface area contributed by atoms with Crippen LogP contribution in [0, 0.1) is 76.8 Å². The Bertz CT molecular complexity index is 2410. The summed E-state index contributed by atoms with van der Waals surface area (Å²) in [6, 6.07) is 16.1. The average Bonchev–Trinajstić information content (AvgIpc) is 3.19. The fourth-order valence-corrected chi connectivity index (χ4v) is 12.4.